The highest BCUT2D eigenvalue weighted by atomic mass is 32.1. The Bertz CT molecular complexity index is 859. The predicted octanol–water partition coefficient (Wildman–Crippen LogP) is 2.65. The number of pyridine rings is 1. The molecule has 7 heteroatoms. The summed E-state index contributed by atoms with van der Waals surface area (Å²) < 4.78 is 1.92. The van der Waals surface area contributed by atoms with Gasteiger partial charge in [0.2, 0.25) is 0 Å². The van der Waals surface area contributed by atoms with Gasteiger partial charge in [-0.25, -0.2) is 9.97 Å². The van der Waals surface area contributed by atoms with Gasteiger partial charge in [-0.05, 0) is 37.6 Å². The molecule has 1 aliphatic heterocycles. The highest BCUT2D eigenvalue weighted by Gasteiger charge is 2.26. The molecule has 0 radical (unpaired) electrons. The van der Waals surface area contributed by atoms with Gasteiger partial charge in [-0.2, -0.15) is 0 Å². The van der Waals surface area contributed by atoms with Crippen molar-refractivity contribution in [3.63, 3.8) is 0 Å². The Morgan fingerprint density at radius 3 is 2.88 bits per heavy atom. The van der Waals surface area contributed by atoms with Crippen molar-refractivity contribution in [1.82, 2.24) is 19.9 Å². The first-order chi connectivity index (χ1) is 12.2. The number of rotatable bonds is 4. The van der Waals surface area contributed by atoms with E-state index in [0.29, 0.717) is 4.88 Å². The van der Waals surface area contributed by atoms with Crippen LogP contribution in [-0.4, -0.2) is 39.6 Å². The van der Waals surface area contributed by atoms with Crippen LogP contribution >= 0.6 is 11.3 Å². The van der Waals surface area contributed by atoms with Gasteiger partial charge in [-0.1, -0.05) is 17.4 Å². The zero-order valence-corrected chi connectivity index (χ0v) is 14.7. The lowest BCUT2D eigenvalue weighted by atomic mass is 10.2. The zero-order valence-electron chi connectivity index (χ0n) is 13.9. The zero-order chi connectivity index (χ0) is 17.2. The molecular formula is C18H19N5OS. The molecule has 25 heavy (non-hydrogen) atoms. The molecular weight excluding hydrogens is 334 g/mol. The minimum absolute atomic E-state index is 0.0405. The van der Waals surface area contributed by atoms with E-state index >= 15 is 0 Å². The summed E-state index contributed by atoms with van der Waals surface area (Å²) in [6.45, 7) is 3.57. The summed E-state index contributed by atoms with van der Waals surface area (Å²) in [5, 5.41) is 3.96. The monoisotopic (exact) mass is 353 g/mol. The van der Waals surface area contributed by atoms with E-state index in [0.717, 1.165) is 36.2 Å². The van der Waals surface area contributed by atoms with Crippen LogP contribution in [0.15, 0.2) is 48.9 Å². The molecule has 1 unspecified atom stereocenters. The first-order valence-electron chi connectivity index (χ1n) is 8.28. The number of anilines is 1. The number of aromatic nitrogens is 3. The first-order valence-corrected chi connectivity index (χ1v) is 9.10. The molecule has 1 N–H and O–H groups in total. The van der Waals surface area contributed by atoms with Crippen LogP contribution < -0.4 is 10.2 Å². The molecule has 0 aromatic carbocycles. The second kappa shape index (κ2) is 6.68. The van der Waals surface area contributed by atoms with Crippen LogP contribution in [0.1, 0.15) is 21.8 Å². The summed E-state index contributed by atoms with van der Waals surface area (Å²) in [6.07, 6.45) is 6.58. The van der Waals surface area contributed by atoms with E-state index in [1.165, 1.54) is 11.3 Å². The van der Waals surface area contributed by atoms with E-state index in [4.69, 9.17) is 0 Å². The fraction of sp³-hybridized carbons (Fsp3) is 0.278. The quantitative estimate of drug-likeness (QED) is 0.783. The third-order valence-corrected chi connectivity index (χ3v) is 5.48. The molecule has 4 heterocycles. The number of nitrogens with one attached hydrogen (secondary N) is 1. The molecule has 0 saturated carbocycles. The number of carbonyl (C=O) groups is 1. The van der Waals surface area contributed by atoms with Crippen LogP contribution in [0.5, 0.6) is 0 Å². The molecule has 1 fully saturated rings. The van der Waals surface area contributed by atoms with Crippen LogP contribution in [-0.2, 0) is 0 Å². The second-order valence-electron chi connectivity index (χ2n) is 6.09. The van der Waals surface area contributed by atoms with Gasteiger partial charge < -0.3 is 14.8 Å². The summed E-state index contributed by atoms with van der Waals surface area (Å²) in [6, 6.07) is 9.92. The third kappa shape index (κ3) is 3.28. The number of hydrogen-bond acceptors (Lipinski definition) is 5. The van der Waals surface area contributed by atoms with Crippen LogP contribution in [0, 0.1) is 6.92 Å². The first kappa shape index (κ1) is 15.8. The van der Waals surface area contributed by atoms with Gasteiger partial charge in [0.15, 0.2) is 5.13 Å². The fourth-order valence-corrected chi connectivity index (χ4v) is 3.98. The molecule has 1 atom stereocenters. The number of hydrogen-bond donors (Lipinski definition) is 1. The molecule has 0 spiro atoms. The van der Waals surface area contributed by atoms with Crippen LogP contribution in [0.4, 0.5) is 5.82 Å². The van der Waals surface area contributed by atoms with Gasteiger partial charge in [0.1, 0.15) is 10.7 Å². The average molecular weight is 353 g/mol. The molecule has 1 saturated heterocycles. The maximum absolute atomic E-state index is 12.7. The standard InChI is InChI=1S/C18H19N5OS/c1-13-16(25-18(20-13)22-9-4-5-10-22)17(24)21-14-7-11-23(12-14)15-6-2-3-8-19-15/h2-6,8-10,14H,7,11-12H2,1H3,(H,21,24). The van der Waals surface area contributed by atoms with Gasteiger partial charge in [0, 0.05) is 37.7 Å². The summed E-state index contributed by atoms with van der Waals surface area (Å²) in [4.78, 5) is 24.4. The van der Waals surface area contributed by atoms with Crippen molar-refractivity contribution in [2.45, 2.75) is 19.4 Å². The summed E-state index contributed by atoms with van der Waals surface area (Å²) in [7, 11) is 0. The SMILES string of the molecule is Cc1nc(-n2cccc2)sc1C(=O)NC1CCN(c2ccccn2)C1. The van der Waals surface area contributed by atoms with Crippen LogP contribution in [0.25, 0.3) is 5.13 Å². The predicted molar refractivity (Wildman–Crippen MR) is 98.5 cm³/mol. The lowest BCUT2D eigenvalue weighted by Gasteiger charge is -2.17. The van der Waals surface area contributed by atoms with Crippen molar-refractivity contribution in [3.05, 3.63) is 59.5 Å². The topological polar surface area (TPSA) is 63.1 Å². The minimum Gasteiger partial charge on any atom is -0.354 e. The Morgan fingerprint density at radius 2 is 2.12 bits per heavy atom. The van der Waals surface area contributed by atoms with Crippen molar-refractivity contribution >= 4 is 23.1 Å². The fourth-order valence-electron chi connectivity index (χ4n) is 3.04. The van der Waals surface area contributed by atoms with E-state index in [-0.39, 0.29) is 11.9 Å². The average Bonchev–Trinajstić information content (AvgIpc) is 3.35. The van der Waals surface area contributed by atoms with Gasteiger partial charge in [-0.15, -0.1) is 0 Å². The maximum Gasteiger partial charge on any atom is 0.263 e. The second-order valence-corrected chi connectivity index (χ2v) is 7.07. The van der Waals surface area contributed by atoms with Crippen molar-refractivity contribution < 1.29 is 4.79 Å². The lowest BCUT2D eigenvalue weighted by Crippen LogP contribution is -2.37. The van der Waals surface area contributed by atoms with E-state index in [9.17, 15) is 4.79 Å². The van der Waals surface area contributed by atoms with Crippen molar-refractivity contribution in [2.24, 2.45) is 0 Å². The van der Waals surface area contributed by atoms with Crippen LogP contribution in [0.3, 0.4) is 0 Å². The molecule has 0 bridgehead atoms. The molecule has 0 aliphatic carbocycles. The maximum atomic E-state index is 12.7. The van der Waals surface area contributed by atoms with Crippen LogP contribution in [0.2, 0.25) is 0 Å². The molecule has 1 aliphatic rings. The molecule has 4 rings (SSSR count). The van der Waals surface area contributed by atoms with E-state index in [1.54, 1.807) is 6.20 Å². The van der Waals surface area contributed by atoms with Crippen molar-refractivity contribution in [3.8, 4) is 5.13 Å². The van der Waals surface area contributed by atoms with Crippen molar-refractivity contribution in [1.29, 1.82) is 0 Å². The molecule has 6 nitrogen and oxygen atoms in total. The Labute approximate surface area is 150 Å². The van der Waals surface area contributed by atoms with Crippen molar-refractivity contribution in [2.75, 3.05) is 18.0 Å². The Hall–Kier alpha value is -2.67. The number of aryl methyl sites for hydroxylation is 1. The normalized spacial score (nSPS) is 17.0. The largest absolute Gasteiger partial charge is 0.354 e. The molecule has 3 aromatic rings. The van der Waals surface area contributed by atoms with Gasteiger partial charge in [-0.3, -0.25) is 4.79 Å². The minimum atomic E-state index is -0.0405. The molecule has 1 amide bonds. The van der Waals surface area contributed by atoms with Gasteiger partial charge >= 0.3 is 0 Å². The van der Waals surface area contributed by atoms with Gasteiger partial charge in [0.25, 0.3) is 5.91 Å². The number of carbonyl (C=O) groups excluding carboxylic acids is 1. The Balaban J connectivity index is 1.43. The van der Waals surface area contributed by atoms with Gasteiger partial charge in [0.05, 0.1) is 5.69 Å². The summed E-state index contributed by atoms with van der Waals surface area (Å²) in [5.41, 5.74) is 0.769. The highest BCUT2D eigenvalue weighted by Crippen LogP contribution is 2.23. The molecule has 3 aromatic heterocycles. The van der Waals surface area contributed by atoms with E-state index in [1.807, 2.05) is 54.2 Å². The number of thiazole rings is 1. The lowest BCUT2D eigenvalue weighted by molar-refractivity contribution is 0.0943. The highest BCUT2D eigenvalue weighted by molar-refractivity contribution is 7.16. The number of amides is 1. The third-order valence-electron chi connectivity index (χ3n) is 4.31. The van der Waals surface area contributed by atoms with E-state index < -0.39 is 0 Å². The van der Waals surface area contributed by atoms with E-state index in [2.05, 4.69) is 20.2 Å². The summed E-state index contributed by atoms with van der Waals surface area (Å²) in [5.74, 6) is 0.921. The Morgan fingerprint density at radius 1 is 1.28 bits per heavy atom. The smallest absolute Gasteiger partial charge is 0.263 e. The number of nitrogens with zero attached hydrogens (tertiary/aromatic N) is 4. The molecule has 128 valence electrons. The summed E-state index contributed by atoms with van der Waals surface area (Å²) >= 11 is 1.42. The Kier molecular flexibility index (Phi) is 4.23.